The van der Waals surface area contributed by atoms with Crippen LogP contribution in [0.4, 0.5) is 0 Å². The van der Waals surface area contributed by atoms with Crippen LogP contribution in [-0.2, 0) is 0 Å². The third-order valence-electron chi connectivity index (χ3n) is 14.1. The van der Waals surface area contributed by atoms with Gasteiger partial charge in [0.1, 0.15) is 5.58 Å². The third-order valence-corrected chi connectivity index (χ3v) is 14.1. The number of para-hydroxylation sites is 5. The number of fused-ring (bicyclic) bond motifs is 13. The van der Waals surface area contributed by atoms with Gasteiger partial charge in [0.25, 0.3) is 0 Å². The maximum absolute atomic E-state index is 7.10. The molecule has 0 saturated carbocycles. The highest BCUT2D eigenvalue weighted by Gasteiger charge is 2.29. The molecular formula is C65H39N7O. The van der Waals surface area contributed by atoms with E-state index in [1.54, 1.807) is 0 Å². The summed E-state index contributed by atoms with van der Waals surface area (Å²) in [7, 11) is 0. The van der Waals surface area contributed by atoms with Gasteiger partial charge in [-0.3, -0.25) is 0 Å². The average Bonchev–Trinajstić information content (AvgIpc) is 4.14. The van der Waals surface area contributed by atoms with Crippen molar-refractivity contribution in [3.8, 4) is 68.2 Å². The van der Waals surface area contributed by atoms with Crippen LogP contribution in [0, 0.1) is 0 Å². The van der Waals surface area contributed by atoms with E-state index >= 15 is 0 Å². The molecule has 0 amide bonds. The largest absolute Gasteiger partial charge is 0.454 e. The van der Waals surface area contributed by atoms with E-state index in [-0.39, 0.29) is 0 Å². The van der Waals surface area contributed by atoms with Gasteiger partial charge in [0.2, 0.25) is 0 Å². The molecular weight excluding hydrogens is 895 g/mol. The second-order valence-corrected chi connectivity index (χ2v) is 18.3. The molecule has 0 unspecified atom stereocenters. The molecule has 5 heterocycles. The summed E-state index contributed by atoms with van der Waals surface area (Å²) < 4.78 is 11.9. The molecule has 0 aliphatic heterocycles. The molecule has 15 aromatic rings. The molecule has 5 aromatic heterocycles. The van der Waals surface area contributed by atoms with Crippen LogP contribution >= 0.6 is 0 Å². The highest BCUT2D eigenvalue weighted by molar-refractivity contribution is 6.39. The van der Waals surface area contributed by atoms with Gasteiger partial charge in [0.05, 0.1) is 39.0 Å². The van der Waals surface area contributed by atoms with Crippen LogP contribution in [0.1, 0.15) is 0 Å². The van der Waals surface area contributed by atoms with E-state index < -0.39 is 0 Å². The molecule has 0 fully saturated rings. The molecule has 0 saturated heterocycles. The van der Waals surface area contributed by atoms with Crippen molar-refractivity contribution in [2.75, 3.05) is 0 Å². The number of benzene rings is 10. The zero-order valence-electron chi connectivity index (χ0n) is 39.1. The van der Waals surface area contributed by atoms with E-state index in [1.807, 2.05) is 97.1 Å². The number of furan rings is 1. The highest BCUT2D eigenvalue weighted by atomic mass is 16.3. The molecule has 10 aromatic carbocycles. The number of nitrogens with zero attached hydrogens (tertiary/aromatic N) is 7. The van der Waals surface area contributed by atoms with E-state index in [2.05, 4.69) is 149 Å². The van der Waals surface area contributed by atoms with Gasteiger partial charge in [-0.05, 0) is 54.6 Å². The summed E-state index contributed by atoms with van der Waals surface area (Å²) in [6.45, 7) is 0. The van der Waals surface area contributed by atoms with Crippen molar-refractivity contribution in [3.05, 3.63) is 237 Å². The maximum atomic E-state index is 7.10. The Labute approximate surface area is 417 Å². The number of aromatic nitrogens is 7. The van der Waals surface area contributed by atoms with Crippen molar-refractivity contribution in [3.63, 3.8) is 0 Å². The van der Waals surface area contributed by atoms with Crippen molar-refractivity contribution in [2.45, 2.75) is 0 Å². The topological polar surface area (TPSA) is 87.5 Å². The van der Waals surface area contributed by atoms with Crippen LogP contribution in [-0.4, -0.2) is 34.1 Å². The lowest BCUT2D eigenvalue weighted by molar-refractivity contribution is 0.671. The van der Waals surface area contributed by atoms with Gasteiger partial charge in [-0.25, -0.2) is 24.9 Å². The smallest absolute Gasteiger partial charge is 0.166 e. The summed E-state index contributed by atoms with van der Waals surface area (Å²) >= 11 is 0. The normalized spacial score (nSPS) is 11.8. The maximum Gasteiger partial charge on any atom is 0.166 e. The molecule has 0 N–H and O–H groups in total. The summed E-state index contributed by atoms with van der Waals surface area (Å²) in [5.41, 5.74) is 13.8. The highest BCUT2D eigenvalue weighted by Crippen LogP contribution is 2.50. The van der Waals surface area contributed by atoms with Crippen LogP contribution in [0.25, 0.3) is 145 Å². The van der Waals surface area contributed by atoms with Gasteiger partial charge < -0.3 is 13.6 Å². The third kappa shape index (κ3) is 6.37. The van der Waals surface area contributed by atoms with Crippen LogP contribution in [0.2, 0.25) is 0 Å². The van der Waals surface area contributed by atoms with Crippen LogP contribution in [0.15, 0.2) is 241 Å². The summed E-state index contributed by atoms with van der Waals surface area (Å²) in [6.07, 6.45) is 0. The minimum atomic E-state index is 0.511. The predicted octanol–water partition coefficient (Wildman–Crippen LogP) is 16.2. The molecule has 0 radical (unpaired) electrons. The van der Waals surface area contributed by atoms with Gasteiger partial charge in [0.15, 0.2) is 28.9 Å². The van der Waals surface area contributed by atoms with E-state index in [4.69, 9.17) is 29.3 Å². The van der Waals surface area contributed by atoms with E-state index in [0.29, 0.717) is 23.3 Å². The van der Waals surface area contributed by atoms with Crippen molar-refractivity contribution in [1.29, 1.82) is 0 Å². The summed E-state index contributed by atoms with van der Waals surface area (Å²) in [6, 6.07) is 81.8. The zero-order valence-corrected chi connectivity index (χ0v) is 39.1. The molecule has 0 aliphatic carbocycles. The Bertz CT molecular complexity index is 4600. The van der Waals surface area contributed by atoms with Gasteiger partial charge in [0, 0.05) is 71.2 Å². The van der Waals surface area contributed by atoms with E-state index in [0.717, 1.165) is 121 Å². The van der Waals surface area contributed by atoms with E-state index in [9.17, 15) is 0 Å². The molecule has 15 rings (SSSR count). The number of hydrogen-bond donors (Lipinski definition) is 0. The number of rotatable bonds is 7. The Morgan fingerprint density at radius 3 is 1.53 bits per heavy atom. The monoisotopic (exact) mass is 933 g/mol. The fourth-order valence-corrected chi connectivity index (χ4v) is 11.0. The molecule has 0 aliphatic rings. The molecule has 0 bridgehead atoms. The molecule has 8 heteroatoms. The lowest BCUT2D eigenvalue weighted by Gasteiger charge is -2.17. The van der Waals surface area contributed by atoms with Crippen LogP contribution in [0.5, 0.6) is 0 Å². The van der Waals surface area contributed by atoms with E-state index in [1.165, 1.54) is 0 Å². The number of hydrogen-bond acceptors (Lipinski definition) is 6. The van der Waals surface area contributed by atoms with Crippen molar-refractivity contribution in [1.82, 2.24) is 34.1 Å². The first kappa shape index (κ1) is 40.8. The predicted molar refractivity (Wildman–Crippen MR) is 296 cm³/mol. The first-order chi connectivity index (χ1) is 36.2. The Kier molecular flexibility index (Phi) is 9.09. The minimum Gasteiger partial charge on any atom is -0.454 e. The standard InChI is InChI=1S/C65H39N7O/c1-5-21-40(22-6-1)58-45-29-13-17-33-50(45)66-64(67-58)43-37-38-53(49(39-43)65-69-62(41-23-7-2-8-24-41)68-63(70-65)42-25-9-3-10-26-42)72-52-35-19-14-30-46(52)55-56-48-32-16-20-36-54(48)73-61(56)60-57(59(55)72)47-31-15-18-34-51(47)71(60)44-27-11-4-12-28-44/h1-39H. The Hall–Kier alpha value is -10.1. The quantitative estimate of drug-likeness (QED) is 0.158. The lowest BCUT2D eigenvalue weighted by atomic mass is 10.0. The van der Waals surface area contributed by atoms with Crippen molar-refractivity contribution >= 4 is 76.5 Å². The van der Waals surface area contributed by atoms with Gasteiger partial charge in [-0.1, -0.05) is 182 Å². The Morgan fingerprint density at radius 1 is 0.329 bits per heavy atom. The van der Waals surface area contributed by atoms with Crippen LogP contribution < -0.4 is 0 Å². The minimum absolute atomic E-state index is 0.511. The van der Waals surface area contributed by atoms with Crippen molar-refractivity contribution < 1.29 is 4.42 Å². The Balaban J connectivity index is 1.12. The molecule has 0 atom stereocenters. The fourth-order valence-electron chi connectivity index (χ4n) is 11.0. The second-order valence-electron chi connectivity index (χ2n) is 18.3. The molecule has 0 spiro atoms. The SMILES string of the molecule is c1ccc(-c2nc(-c3ccccc3)nc(-c3cc(-c4nc(-c5ccccc5)c5ccccc5n4)ccc3-n3c4ccccc4c4c5c6ccccc6oc5c5c(c6ccccc6n5-c5ccccc5)c43)n2)cc1. The molecule has 8 nitrogen and oxygen atoms in total. The van der Waals surface area contributed by atoms with Gasteiger partial charge in [-0.2, -0.15) is 0 Å². The Morgan fingerprint density at radius 2 is 0.849 bits per heavy atom. The van der Waals surface area contributed by atoms with Gasteiger partial charge in [-0.15, -0.1) is 0 Å². The molecule has 73 heavy (non-hydrogen) atoms. The zero-order chi connectivity index (χ0) is 48.0. The first-order valence-electron chi connectivity index (χ1n) is 24.4. The van der Waals surface area contributed by atoms with Gasteiger partial charge >= 0.3 is 0 Å². The average molecular weight is 934 g/mol. The summed E-state index contributed by atoms with van der Waals surface area (Å²) in [5.74, 6) is 2.23. The fraction of sp³-hybridized carbons (Fsp3) is 0. The van der Waals surface area contributed by atoms with Crippen LogP contribution in [0.3, 0.4) is 0 Å². The first-order valence-corrected chi connectivity index (χ1v) is 24.4. The van der Waals surface area contributed by atoms with Crippen molar-refractivity contribution in [2.24, 2.45) is 0 Å². The second kappa shape index (κ2) is 16.3. The summed E-state index contributed by atoms with van der Waals surface area (Å²) in [4.78, 5) is 26.6. The lowest BCUT2D eigenvalue weighted by Crippen LogP contribution is -2.05. The molecule has 340 valence electrons. The summed E-state index contributed by atoms with van der Waals surface area (Å²) in [5, 5.41) is 7.46.